The summed E-state index contributed by atoms with van der Waals surface area (Å²) in [6, 6.07) is 8.88. The van der Waals surface area contributed by atoms with E-state index in [1.807, 2.05) is 25.7 Å². The Hall–Kier alpha value is -1.55. The number of rotatable bonds is 4. The first-order valence-corrected chi connectivity index (χ1v) is 9.39. The van der Waals surface area contributed by atoms with Crippen LogP contribution in [-0.4, -0.2) is 48.7 Å². The Bertz CT molecular complexity index is 560. The van der Waals surface area contributed by atoms with Crippen LogP contribution < -0.4 is 0 Å². The Kier molecular flexibility index (Phi) is 6.50. The first-order valence-electron chi connectivity index (χ1n) is 9.39. The van der Waals surface area contributed by atoms with Crippen molar-refractivity contribution in [3.05, 3.63) is 35.4 Å². The third-order valence-electron chi connectivity index (χ3n) is 4.66. The van der Waals surface area contributed by atoms with Crippen molar-refractivity contribution in [2.75, 3.05) is 27.2 Å². The molecule has 4 nitrogen and oxygen atoms in total. The van der Waals surface area contributed by atoms with Crippen LogP contribution in [0.1, 0.15) is 57.7 Å². The maximum Gasteiger partial charge on any atom is 0.410 e. The smallest absolute Gasteiger partial charge is 0.410 e. The summed E-state index contributed by atoms with van der Waals surface area (Å²) in [5.41, 5.74) is 2.09. The molecule has 2 unspecified atom stereocenters. The number of piperidine rings is 1. The molecule has 0 bridgehead atoms. The molecular weight excluding hydrogens is 312 g/mol. The molecule has 1 fully saturated rings. The van der Waals surface area contributed by atoms with E-state index in [0.717, 1.165) is 32.4 Å². The Morgan fingerprint density at radius 2 is 1.84 bits per heavy atom. The second-order valence-electron chi connectivity index (χ2n) is 8.63. The van der Waals surface area contributed by atoms with Crippen molar-refractivity contribution in [3.8, 4) is 0 Å². The molecule has 0 aromatic heterocycles. The predicted molar refractivity (Wildman–Crippen MR) is 103 cm³/mol. The summed E-state index contributed by atoms with van der Waals surface area (Å²) in [5.74, 6) is 0.517. The van der Waals surface area contributed by atoms with Gasteiger partial charge in [-0.25, -0.2) is 4.79 Å². The Balaban J connectivity index is 2.12. The molecule has 1 saturated heterocycles. The molecule has 1 aromatic rings. The largest absolute Gasteiger partial charge is 0.444 e. The average molecular weight is 347 g/mol. The van der Waals surface area contributed by atoms with Crippen molar-refractivity contribution >= 4 is 6.09 Å². The standard InChI is InChI=1S/C21H34N2O2/c1-16-7-12-19(23(15-16)20(24)25-21(2,3)4)18-10-8-17(9-11-18)13-14-22(5)6/h8-11,16,19H,7,12-15H2,1-6H3. The minimum absolute atomic E-state index is 0.119. The summed E-state index contributed by atoms with van der Waals surface area (Å²) in [6.07, 6.45) is 3.00. The molecule has 1 aliphatic heterocycles. The van der Waals surface area contributed by atoms with Gasteiger partial charge in [0.15, 0.2) is 0 Å². The second-order valence-corrected chi connectivity index (χ2v) is 8.63. The molecule has 0 saturated carbocycles. The normalized spacial score (nSPS) is 21.5. The number of ether oxygens (including phenoxy) is 1. The zero-order valence-corrected chi connectivity index (χ0v) is 16.7. The molecule has 2 atom stereocenters. The minimum atomic E-state index is -0.460. The van der Waals surface area contributed by atoms with Gasteiger partial charge >= 0.3 is 6.09 Å². The molecule has 1 aromatic carbocycles. The third kappa shape index (κ3) is 6.03. The van der Waals surface area contributed by atoms with Crippen LogP contribution in [0.3, 0.4) is 0 Å². The van der Waals surface area contributed by atoms with Gasteiger partial charge in [-0.05, 0) is 71.2 Å². The highest BCUT2D eigenvalue weighted by molar-refractivity contribution is 5.69. The lowest BCUT2D eigenvalue weighted by molar-refractivity contribution is 0.00364. The fraction of sp³-hybridized carbons (Fsp3) is 0.667. The molecule has 0 N–H and O–H groups in total. The van der Waals surface area contributed by atoms with Crippen molar-refractivity contribution < 1.29 is 9.53 Å². The lowest BCUT2D eigenvalue weighted by Crippen LogP contribution is -2.44. The van der Waals surface area contributed by atoms with Gasteiger partial charge in [-0.15, -0.1) is 0 Å². The third-order valence-corrected chi connectivity index (χ3v) is 4.66. The van der Waals surface area contributed by atoms with Gasteiger partial charge in [0.1, 0.15) is 5.60 Å². The van der Waals surface area contributed by atoms with Gasteiger partial charge in [0.05, 0.1) is 6.04 Å². The van der Waals surface area contributed by atoms with E-state index in [-0.39, 0.29) is 12.1 Å². The number of carbonyl (C=O) groups is 1. The fourth-order valence-electron chi connectivity index (χ4n) is 3.28. The minimum Gasteiger partial charge on any atom is -0.444 e. The van der Waals surface area contributed by atoms with Gasteiger partial charge in [-0.1, -0.05) is 31.2 Å². The first kappa shape index (κ1) is 19.8. The number of likely N-dealkylation sites (N-methyl/N-ethyl adjacent to an activating group) is 1. The number of amides is 1. The number of benzene rings is 1. The number of nitrogens with zero attached hydrogens (tertiary/aromatic N) is 2. The Morgan fingerprint density at radius 3 is 2.40 bits per heavy atom. The average Bonchev–Trinajstić information content (AvgIpc) is 2.52. The van der Waals surface area contributed by atoms with E-state index in [2.05, 4.69) is 50.2 Å². The van der Waals surface area contributed by atoms with Crippen molar-refractivity contribution in [3.63, 3.8) is 0 Å². The van der Waals surface area contributed by atoms with Crippen LogP contribution in [0.25, 0.3) is 0 Å². The molecule has 0 radical (unpaired) electrons. The van der Waals surface area contributed by atoms with Crippen LogP contribution in [-0.2, 0) is 11.2 Å². The van der Waals surface area contributed by atoms with Crippen LogP contribution in [0.5, 0.6) is 0 Å². The van der Waals surface area contributed by atoms with Gasteiger partial charge in [0, 0.05) is 13.1 Å². The van der Waals surface area contributed by atoms with Crippen LogP contribution in [0.15, 0.2) is 24.3 Å². The number of likely N-dealkylation sites (tertiary alicyclic amines) is 1. The monoisotopic (exact) mass is 346 g/mol. The van der Waals surface area contributed by atoms with Gasteiger partial charge in [0.2, 0.25) is 0 Å². The lowest BCUT2D eigenvalue weighted by Gasteiger charge is -2.39. The molecule has 0 aliphatic carbocycles. The van der Waals surface area contributed by atoms with E-state index in [9.17, 15) is 4.79 Å². The van der Waals surface area contributed by atoms with E-state index in [4.69, 9.17) is 4.74 Å². The summed E-state index contributed by atoms with van der Waals surface area (Å²) in [4.78, 5) is 16.8. The summed E-state index contributed by atoms with van der Waals surface area (Å²) >= 11 is 0. The maximum absolute atomic E-state index is 12.7. The van der Waals surface area contributed by atoms with Crippen LogP contribution in [0, 0.1) is 5.92 Å². The predicted octanol–water partition coefficient (Wildman–Crippen LogP) is 4.50. The zero-order chi connectivity index (χ0) is 18.6. The van der Waals surface area contributed by atoms with E-state index in [0.29, 0.717) is 5.92 Å². The van der Waals surface area contributed by atoms with Crippen LogP contribution in [0.2, 0.25) is 0 Å². The van der Waals surface area contributed by atoms with E-state index in [1.165, 1.54) is 11.1 Å². The van der Waals surface area contributed by atoms with Crippen LogP contribution >= 0.6 is 0 Å². The molecule has 1 aliphatic rings. The van der Waals surface area contributed by atoms with Crippen molar-refractivity contribution in [1.82, 2.24) is 9.80 Å². The highest BCUT2D eigenvalue weighted by Crippen LogP contribution is 2.34. The highest BCUT2D eigenvalue weighted by atomic mass is 16.6. The van der Waals surface area contributed by atoms with Gasteiger partial charge in [-0.3, -0.25) is 0 Å². The van der Waals surface area contributed by atoms with Gasteiger partial charge in [-0.2, -0.15) is 0 Å². The van der Waals surface area contributed by atoms with Gasteiger partial charge in [0.25, 0.3) is 0 Å². The molecule has 2 rings (SSSR count). The maximum atomic E-state index is 12.7. The molecule has 0 spiro atoms. The number of hydrogen-bond acceptors (Lipinski definition) is 3. The lowest BCUT2D eigenvalue weighted by atomic mass is 9.90. The molecule has 1 heterocycles. The SMILES string of the molecule is CC1CCC(c2ccc(CCN(C)C)cc2)N(C(=O)OC(C)(C)C)C1. The van der Waals surface area contributed by atoms with Crippen molar-refractivity contribution in [2.24, 2.45) is 5.92 Å². The second kappa shape index (κ2) is 8.22. The number of carbonyl (C=O) groups excluding carboxylic acids is 1. The Morgan fingerprint density at radius 1 is 1.20 bits per heavy atom. The summed E-state index contributed by atoms with van der Waals surface area (Å²) in [7, 11) is 4.19. The molecule has 4 heteroatoms. The van der Waals surface area contributed by atoms with E-state index < -0.39 is 5.60 Å². The topological polar surface area (TPSA) is 32.8 Å². The zero-order valence-electron chi connectivity index (χ0n) is 16.7. The van der Waals surface area contributed by atoms with Crippen LogP contribution in [0.4, 0.5) is 4.79 Å². The number of hydrogen-bond donors (Lipinski definition) is 0. The first-order chi connectivity index (χ1) is 11.7. The summed E-state index contributed by atoms with van der Waals surface area (Å²) < 4.78 is 5.65. The summed E-state index contributed by atoms with van der Waals surface area (Å²) in [6.45, 7) is 9.79. The van der Waals surface area contributed by atoms with Gasteiger partial charge < -0.3 is 14.5 Å². The quantitative estimate of drug-likeness (QED) is 0.805. The van der Waals surface area contributed by atoms with Crippen molar-refractivity contribution in [1.29, 1.82) is 0 Å². The van der Waals surface area contributed by atoms with E-state index in [1.54, 1.807) is 0 Å². The molecule has 1 amide bonds. The highest BCUT2D eigenvalue weighted by Gasteiger charge is 2.33. The fourth-order valence-corrected chi connectivity index (χ4v) is 3.28. The molecule has 140 valence electrons. The molecular formula is C21H34N2O2. The van der Waals surface area contributed by atoms with E-state index >= 15 is 0 Å². The Labute approximate surface area is 153 Å². The summed E-state index contributed by atoms with van der Waals surface area (Å²) in [5, 5.41) is 0. The molecule has 25 heavy (non-hydrogen) atoms. The van der Waals surface area contributed by atoms with Crippen molar-refractivity contribution in [2.45, 2.75) is 58.6 Å².